The van der Waals surface area contributed by atoms with Crippen molar-refractivity contribution in [2.75, 3.05) is 20.3 Å². The molecule has 0 radical (unpaired) electrons. The Morgan fingerprint density at radius 2 is 2.09 bits per heavy atom. The van der Waals surface area contributed by atoms with Gasteiger partial charge in [0.2, 0.25) is 5.56 Å². The summed E-state index contributed by atoms with van der Waals surface area (Å²) in [5.74, 6) is 0.380. The lowest BCUT2D eigenvalue weighted by atomic mass is 10.1. The van der Waals surface area contributed by atoms with Crippen LogP contribution in [0.5, 0.6) is 5.75 Å². The van der Waals surface area contributed by atoms with Gasteiger partial charge in [0.25, 0.3) is 0 Å². The lowest BCUT2D eigenvalue weighted by Gasteiger charge is -2.28. The minimum Gasteiger partial charge on any atom is -0.490 e. The maximum Gasteiger partial charge on any atom is 0.248 e. The number of ether oxygens (including phenoxy) is 2. The molecule has 0 saturated heterocycles. The van der Waals surface area contributed by atoms with Crippen LogP contribution in [0, 0.1) is 5.82 Å². The molecule has 1 aliphatic heterocycles. The van der Waals surface area contributed by atoms with E-state index in [2.05, 4.69) is 9.88 Å². The lowest BCUT2D eigenvalue weighted by molar-refractivity contribution is 0.0594. The number of aromatic amines is 1. The van der Waals surface area contributed by atoms with E-state index in [1.165, 1.54) is 12.1 Å². The number of benzene rings is 2. The quantitative estimate of drug-likeness (QED) is 0.469. The second-order valence-electron chi connectivity index (χ2n) is 8.19. The first kappa shape index (κ1) is 21.7. The van der Waals surface area contributed by atoms with Crippen molar-refractivity contribution >= 4 is 22.5 Å². The topological polar surface area (TPSA) is 59.5 Å². The highest BCUT2D eigenvalue weighted by Gasteiger charge is 2.27. The van der Waals surface area contributed by atoms with E-state index in [1.807, 2.05) is 35.0 Å². The van der Waals surface area contributed by atoms with E-state index >= 15 is 0 Å². The van der Waals surface area contributed by atoms with Crippen molar-refractivity contribution in [2.24, 2.45) is 0 Å². The van der Waals surface area contributed by atoms with Gasteiger partial charge in [-0.05, 0) is 48.0 Å². The van der Waals surface area contributed by atoms with Gasteiger partial charge in [-0.25, -0.2) is 4.39 Å². The van der Waals surface area contributed by atoms with Gasteiger partial charge in [-0.2, -0.15) is 0 Å². The highest BCUT2D eigenvalue weighted by atomic mass is 35.5. The van der Waals surface area contributed by atoms with Crippen molar-refractivity contribution in [3.05, 3.63) is 93.2 Å². The van der Waals surface area contributed by atoms with Crippen LogP contribution in [0.4, 0.5) is 4.39 Å². The molecule has 2 aromatic heterocycles. The number of hydrogen-bond donors (Lipinski definition) is 1. The molecule has 0 amide bonds. The zero-order chi connectivity index (χ0) is 22.9. The number of rotatable bonds is 5. The first-order valence-corrected chi connectivity index (χ1v) is 11.0. The Morgan fingerprint density at radius 3 is 2.91 bits per heavy atom. The largest absolute Gasteiger partial charge is 0.490 e. The number of hydrogen-bond acceptors (Lipinski definition) is 4. The lowest BCUT2D eigenvalue weighted by Crippen LogP contribution is -2.40. The van der Waals surface area contributed by atoms with Crippen LogP contribution in [0.15, 0.2) is 65.7 Å². The third-order valence-electron chi connectivity index (χ3n) is 5.93. The highest BCUT2D eigenvalue weighted by Crippen LogP contribution is 2.36. The summed E-state index contributed by atoms with van der Waals surface area (Å²) in [5, 5.41) is 1.33. The van der Waals surface area contributed by atoms with E-state index in [0.29, 0.717) is 37.1 Å². The predicted octanol–water partition coefficient (Wildman–Crippen LogP) is 4.52. The summed E-state index contributed by atoms with van der Waals surface area (Å²) in [6.07, 6.45) is 3.56. The molecular weight excluding hydrogens is 445 g/mol. The Labute approximate surface area is 195 Å². The van der Waals surface area contributed by atoms with Crippen molar-refractivity contribution in [3.63, 3.8) is 0 Å². The van der Waals surface area contributed by atoms with Gasteiger partial charge in [-0.1, -0.05) is 11.6 Å². The van der Waals surface area contributed by atoms with Crippen molar-refractivity contribution < 1.29 is 13.9 Å². The van der Waals surface area contributed by atoms with Crippen molar-refractivity contribution in [2.45, 2.75) is 19.1 Å². The Hall–Kier alpha value is -3.13. The molecular formula is C25H23ClFN3O3. The van der Waals surface area contributed by atoms with Gasteiger partial charge in [0.05, 0.1) is 23.2 Å². The number of methoxy groups -OCH3 is 1. The maximum absolute atomic E-state index is 13.6. The molecule has 0 bridgehead atoms. The summed E-state index contributed by atoms with van der Waals surface area (Å²) in [5.41, 5.74) is 3.46. The van der Waals surface area contributed by atoms with Crippen molar-refractivity contribution in [3.8, 4) is 11.4 Å². The first-order chi connectivity index (χ1) is 16.0. The molecule has 0 fully saturated rings. The van der Waals surface area contributed by atoms with E-state index in [1.54, 1.807) is 25.4 Å². The summed E-state index contributed by atoms with van der Waals surface area (Å²) in [7, 11) is 1.66. The van der Waals surface area contributed by atoms with Crippen LogP contribution >= 0.6 is 11.6 Å². The summed E-state index contributed by atoms with van der Waals surface area (Å²) < 4.78 is 27.2. The van der Waals surface area contributed by atoms with E-state index in [0.717, 1.165) is 27.7 Å². The summed E-state index contributed by atoms with van der Waals surface area (Å²) >= 11 is 6.67. The van der Waals surface area contributed by atoms with Crippen LogP contribution in [0.25, 0.3) is 16.6 Å². The first-order valence-electron chi connectivity index (χ1n) is 10.6. The van der Waals surface area contributed by atoms with Gasteiger partial charge in [-0.15, -0.1) is 0 Å². The molecule has 3 heterocycles. The zero-order valence-electron chi connectivity index (χ0n) is 18.1. The van der Waals surface area contributed by atoms with E-state index in [9.17, 15) is 9.18 Å². The zero-order valence-corrected chi connectivity index (χ0v) is 18.8. The maximum atomic E-state index is 13.6. The molecule has 1 aliphatic rings. The fourth-order valence-corrected chi connectivity index (χ4v) is 4.66. The number of pyridine rings is 1. The van der Waals surface area contributed by atoms with E-state index in [-0.39, 0.29) is 17.4 Å². The molecule has 2 aromatic carbocycles. The standard InChI is InChI=1S/C25H23ClFN3O3/c1-32-14-21-15-33-25-18(13-29(21)12-16-4-6-28-24(31)8-16)10-20(11-22(25)26)30-7-5-17-9-19(27)2-3-23(17)30/h2-11,21H,12-15H2,1H3,(H,28,31). The third kappa shape index (κ3) is 4.39. The Kier molecular flexibility index (Phi) is 5.93. The van der Waals surface area contributed by atoms with Crippen LogP contribution in [0.2, 0.25) is 5.02 Å². The van der Waals surface area contributed by atoms with Gasteiger partial charge in [0.1, 0.15) is 18.2 Å². The molecule has 0 aliphatic carbocycles. The van der Waals surface area contributed by atoms with Crippen LogP contribution in [-0.4, -0.2) is 40.8 Å². The number of H-pyrrole nitrogens is 1. The van der Waals surface area contributed by atoms with E-state index in [4.69, 9.17) is 21.1 Å². The van der Waals surface area contributed by atoms with Gasteiger partial charge < -0.3 is 19.0 Å². The molecule has 6 nitrogen and oxygen atoms in total. The van der Waals surface area contributed by atoms with Gasteiger partial charge in [0.15, 0.2) is 0 Å². The molecule has 1 unspecified atom stereocenters. The average molecular weight is 468 g/mol. The number of aromatic nitrogens is 2. The fourth-order valence-electron chi connectivity index (χ4n) is 4.38. The van der Waals surface area contributed by atoms with Crippen molar-refractivity contribution in [1.82, 2.24) is 14.5 Å². The molecule has 33 heavy (non-hydrogen) atoms. The molecule has 5 rings (SSSR count). The van der Waals surface area contributed by atoms with Crippen LogP contribution < -0.4 is 10.3 Å². The molecule has 1 atom stereocenters. The van der Waals surface area contributed by atoms with Gasteiger partial charge in [-0.3, -0.25) is 9.69 Å². The van der Waals surface area contributed by atoms with Gasteiger partial charge >= 0.3 is 0 Å². The Balaban J connectivity index is 1.54. The third-order valence-corrected chi connectivity index (χ3v) is 6.21. The van der Waals surface area contributed by atoms with E-state index < -0.39 is 0 Å². The van der Waals surface area contributed by atoms with Gasteiger partial charge in [0, 0.05) is 55.3 Å². The monoisotopic (exact) mass is 467 g/mol. The normalized spacial score (nSPS) is 16.4. The number of fused-ring (bicyclic) bond motifs is 2. The summed E-state index contributed by atoms with van der Waals surface area (Å²) in [4.78, 5) is 16.7. The summed E-state index contributed by atoms with van der Waals surface area (Å²) in [6, 6.07) is 14.0. The highest BCUT2D eigenvalue weighted by molar-refractivity contribution is 6.32. The predicted molar refractivity (Wildman–Crippen MR) is 126 cm³/mol. The molecule has 8 heteroatoms. The summed E-state index contributed by atoms with van der Waals surface area (Å²) in [6.45, 7) is 2.02. The van der Waals surface area contributed by atoms with Crippen LogP contribution in [0.3, 0.4) is 0 Å². The minimum absolute atomic E-state index is 0.0170. The molecule has 1 N–H and O–H groups in total. The number of halogens is 2. The molecule has 0 saturated carbocycles. The second-order valence-corrected chi connectivity index (χ2v) is 8.60. The van der Waals surface area contributed by atoms with Crippen LogP contribution in [-0.2, 0) is 17.8 Å². The smallest absolute Gasteiger partial charge is 0.248 e. The Bertz CT molecular complexity index is 1370. The second kappa shape index (κ2) is 9.02. The minimum atomic E-state index is -0.270. The number of nitrogens with zero attached hydrogens (tertiary/aromatic N) is 2. The molecule has 0 spiro atoms. The van der Waals surface area contributed by atoms with Crippen LogP contribution in [0.1, 0.15) is 11.1 Å². The fraction of sp³-hybridized carbons (Fsp3) is 0.240. The van der Waals surface area contributed by atoms with Crippen molar-refractivity contribution in [1.29, 1.82) is 0 Å². The average Bonchev–Trinajstić information content (AvgIpc) is 3.12. The molecule has 4 aromatic rings. The SMILES string of the molecule is COCC1COc2c(Cl)cc(-n3ccc4cc(F)ccc43)cc2CN1Cc1cc[nH]c(=O)c1. The Morgan fingerprint density at radius 1 is 1.21 bits per heavy atom. The number of nitrogens with one attached hydrogen (secondary N) is 1. The molecule has 170 valence electrons.